The maximum absolute atomic E-state index is 12.5. The van der Waals surface area contributed by atoms with Crippen molar-refractivity contribution < 1.29 is 28.0 Å². The van der Waals surface area contributed by atoms with E-state index in [0.29, 0.717) is 6.42 Å². The molecule has 0 saturated heterocycles. The highest BCUT2D eigenvalue weighted by Gasteiger charge is 2.27. The van der Waals surface area contributed by atoms with Crippen molar-refractivity contribution in [1.29, 1.82) is 0 Å². The van der Waals surface area contributed by atoms with E-state index in [4.69, 9.17) is 0 Å². The molecule has 44 heavy (non-hydrogen) atoms. The number of aliphatic hydroxyl groups is 2. The normalized spacial score (nSPS) is 14.6. The number of carbonyl (C=O) groups excluding carboxylic acids is 1. The Bertz CT molecular complexity index is 855. The monoisotopic (exact) mass is 641 g/mol. The molecule has 0 aromatic rings. The van der Waals surface area contributed by atoms with Crippen LogP contribution < -0.4 is 5.32 Å². The van der Waals surface area contributed by atoms with E-state index in [1.807, 2.05) is 6.08 Å². The number of rotatable bonds is 31. The minimum absolute atomic E-state index is 0.0701. The lowest BCUT2D eigenvalue weighted by atomic mass is 10.0. The molecule has 3 atom stereocenters. The zero-order valence-electron chi connectivity index (χ0n) is 28.1. The summed E-state index contributed by atoms with van der Waals surface area (Å²) in [7, 11) is -4.45. The molecule has 258 valence electrons. The number of amides is 1. The molecule has 3 unspecified atom stereocenters. The van der Waals surface area contributed by atoms with Crippen molar-refractivity contribution in [2.45, 2.75) is 180 Å². The Morgan fingerprint density at radius 3 is 1.55 bits per heavy atom. The Kier molecular flexibility index (Phi) is 29.2. The second-order valence-electron chi connectivity index (χ2n) is 12.3. The van der Waals surface area contributed by atoms with E-state index in [0.717, 1.165) is 25.7 Å². The molecular formula is C36H67NO6S. The van der Waals surface area contributed by atoms with E-state index < -0.39 is 40.0 Å². The van der Waals surface area contributed by atoms with Crippen molar-refractivity contribution in [3.8, 4) is 0 Å². The van der Waals surface area contributed by atoms with Crippen LogP contribution in [0.15, 0.2) is 36.5 Å². The number of allylic oxidation sites excluding steroid dienone is 4. The molecule has 0 aromatic carbocycles. The molecule has 0 heterocycles. The van der Waals surface area contributed by atoms with Gasteiger partial charge in [0, 0.05) is 6.42 Å². The third-order valence-electron chi connectivity index (χ3n) is 7.93. The summed E-state index contributed by atoms with van der Waals surface area (Å²) >= 11 is 0. The van der Waals surface area contributed by atoms with Gasteiger partial charge in [0.15, 0.2) is 0 Å². The highest BCUT2D eigenvalue weighted by atomic mass is 32.2. The second-order valence-corrected chi connectivity index (χ2v) is 13.8. The molecule has 8 heteroatoms. The van der Waals surface area contributed by atoms with E-state index in [2.05, 4.69) is 31.3 Å². The summed E-state index contributed by atoms with van der Waals surface area (Å²) in [5.74, 6) is -1.62. The van der Waals surface area contributed by atoms with Gasteiger partial charge in [-0.15, -0.1) is 0 Å². The van der Waals surface area contributed by atoms with E-state index in [1.165, 1.54) is 115 Å². The van der Waals surface area contributed by atoms with Crippen LogP contribution in [0, 0.1) is 0 Å². The van der Waals surface area contributed by atoms with Gasteiger partial charge in [0.2, 0.25) is 5.91 Å². The van der Waals surface area contributed by atoms with Gasteiger partial charge >= 0.3 is 0 Å². The first-order valence-corrected chi connectivity index (χ1v) is 19.4. The number of aliphatic hydroxyl groups excluding tert-OH is 2. The van der Waals surface area contributed by atoms with Crippen LogP contribution in [0.25, 0.3) is 0 Å². The summed E-state index contributed by atoms with van der Waals surface area (Å²) in [6, 6.07) is -1.26. The van der Waals surface area contributed by atoms with Crippen LogP contribution >= 0.6 is 0 Å². The van der Waals surface area contributed by atoms with E-state index in [1.54, 1.807) is 12.2 Å². The Labute approximate surface area is 270 Å². The summed E-state index contributed by atoms with van der Waals surface area (Å²) in [5.41, 5.74) is 0. The fourth-order valence-corrected chi connectivity index (χ4v) is 5.88. The van der Waals surface area contributed by atoms with Gasteiger partial charge in [0.25, 0.3) is 10.1 Å². The van der Waals surface area contributed by atoms with Crippen molar-refractivity contribution >= 4 is 16.0 Å². The van der Waals surface area contributed by atoms with Gasteiger partial charge < -0.3 is 15.5 Å². The summed E-state index contributed by atoms with van der Waals surface area (Å²) in [4.78, 5) is 12.5. The third-order valence-corrected chi connectivity index (χ3v) is 8.71. The predicted molar refractivity (Wildman–Crippen MR) is 185 cm³/mol. The SMILES string of the molecule is CCCCCCCC/C=C\C/C=C\CC(O)C(=O)NC(CS(=O)(=O)O)C(O)/C=C/CCCCCCCCCCCCCCC. The van der Waals surface area contributed by atoms with Crippen LogP contribution in [-0.4, -0.2) is 53.1 Å². The minimum Gasteiger partial charge on any atom is -0.387 e. The Balaban J connectivity index is 4.24. The zero-order valence-corrected chi connectivity index (χ0v) is 29.0. The van der Waals surface area contributed by atoms with Crippen LogP contribution in [0.3, 0.4) is 0 Å². The van der Waals surface area contributed by atoms with Gasteiger partial charge in [-0.2, -0.15) is 8.42 Å². The average Bonchev–Trinajstić information content (AvgIpc) is 2.98. The van der Waals surface area contributed by atoms with Gasteiger partial charge in [0.05, 0.1) is 17.9 Å². The molecule has 0 rings (SSSR count). The second kappa shape index (κ2) is 30.2. The first-order valence-electron chi connectivity index (χ1n) is 17.8. The smallest absolute Gasteiger partial charge is 0.267 e. The van der Waals surface area contributed by atoms with Crippen molar-refractivity contribution in [3.05, 3.63) is 36.5 Å². The Hall–Kier alpha value is -1.48. The van der Waals surface area contributed by atoms with Crippen LogP contribution in [-0.2, 0) is 14.9 Å². The predicted octanol–water partition coefficient (Wildman–Crippen LogP) is 8.76. The Morgan fingerprint density at radius 2 is 1.07 bits per heavy atom. The molecule has 0 aliphatic rings. The van der Waals surface area contributed by atoms with Gasteiger partial charge in [-0.3, -0.25) is 9.35 Å². The molecule has 0 bridgehead atoms. The standard InChI is InChI=1S/C36H67NO6S/c1-3-5-7-9-11-13-15-17-18-19-21-22-24-26-28-30-34(38)33(32-44(41,42)43)37-36(40)35(39)31-29-27-25-23-20-16-14-12-10-8-6-4-2/h20,23,27-30,33-35,38-39H,3-19,21-22,24-26,31-32H2,1-2H3,(H,37,40)(H,41,42,43)/b23-20-,29-27-,30-28+. The minimum atomic E-state index is -4.45. The molecule has 4 N–H and O–H groups in total. The molecule has 0 aliphatic carbocycles. The Morgan fingerprint density at radius 1 is 0.636 bits per heavy atom. The average molecular weight is 642 g/mol. The molecule has 1 amide bonds. The van der Waals surface area contributed by atoms with Crippen molar-refractivity contribution in [2.75, 3.05) is 5.75 Å². The van der Waals surface area contributed by atoms with E-state index in [-0.39, 0.29) is 6.42 Å². The quantitative estimate of drug-likeness (QED) is 0.0341. The van der Waals surface area contributed by atoms with Crippen molar-refractivity contribution in [1.82, 2.24) is 5.32 Å². The number of nitrogens with one attached hydrogen (secondary N) is 1. The summed E-state index contributed by atoms with van der Waals surface area (Å²) in [6.45, 7) is 4.46. The summed E-state index contributed by atoms with van der Waals surface area (Å²) in [5, 5.41) is 23.1. The summed E-state index contributed by atoms with van der Waals surface area (Å²) in [6.07, 6.45) is 35.0. The number of hydrogen-bond acceptors (Lipinski definition) is 5. The highest BCUT2D eigenvalue weighted by molar-refractivity contribution is 7.85. The van der Waals surface area contributed by atoms with E-state index >= 15 is 0 Å². The van der Waals surface area contributed by atoms with Gasteiger partial charge in [-0.25, -0.2) is 0 Å². The fourth-order valence-electron chi connectivity index (χ4n) is 5.14. The first kappa shape index (κ1) is 42.5. The third kappa shape index (κ3) is 29.2. The van der Waals surface area contributed by atoms with E-state index in [9.17, 15) is 28.0 Å². The zero-order chi connectivity index (χ0) is 32.7. The molecule has 0 spiro atoms. The summed E-state index contributed by atoms with van der Waals surface area (Å²) < 4.78 is 32.3. The van der Waals surface area contributed by atoms with Crippen LogP contribution in [0.5, 0.6) is 0 Å². The lowest BCUT2D eigenvalue weighted by Gasteiger charge is -2.22. The van der Waals surface area contributed by atoms with Crippen LogP contribution in [0.1, 0.15) is 162 Å². The van der Waals surface area contributed by atoms with Crippen molar-refractivity contribution in [3.63, 3.8) is 0 Å². The van der Waals surface area contributed by atoms with Crippen molar-refractivity contribution in [2.24, 2.45) is 0 Å². The fraction of sp³-hybridized carbons (Fsp3) is 0.806. The number of unbranched alkanes of at least 4 members (excludes halogenated alkanes) is 19. The topological polar surface area (TPSA) is 124 Å². The maximum Gasteiger partial charge on any atom is 0.267 e. The van der Waals surface area contributed by atoms with Gasteiger partial charge in [0.1, 0.15) is 6.10 Å². The molecule has 0 aliphatic heterocycles. The molecule has 0 fully saturated rings. The van der Waals surface area contributed by atoms with Gasteiger partial charge in [-0.05, 0) is 32.1 Å². The lowest BCUT2D eigenvalue weighted by Crippen LogP contribution is -2.50. The molecule has 0 saturated carbocycles. The largest absolute Gasteiger partial charge is 0.387 e. The molecular weight excluding hydrogens is 574 g/mol. The maximum atomic E-state index is 12.5. The molecule has 0 radical (unpaired) electrons. The van der Waals surface area contributed by atoms with Crippen LogP contribution in [0.4, 0.5) is 0 Å². The lowest BCUT2D eigenvalue weighted by molar-refractivity contribution is -0.130. The highest BCUT2D eigenvalue weighted by Crippen LogP contribution is 2.13. The van der Waals surface area contributed by atoms with Crippen LogP contribution in [0.2, 0.25) is 0 Å². The number of carbonyl (C=O) groups is 1. The molecule has 7 nitrogen and oxygen atoms in total. The molecule has 0 aromatic heterocycles. The van der Waals surface area contributed by atoms with Gasteiger partial charge in [-0.1, -0.05) is 159 Å². The first-order chi connectivity index (χ1) is 21.2. The number of hydrogen-bond donors (Lipinski definition) is 4.